The summed E-state index contributed by atoms with van der Waals surface area (Å²) in [5.41, 5.74) is -0.714. The Morgan fingerprint density at radius 1 is 1.25 bits per heavy atom. The first-order chi connectivity index (χ1) is 9.34. The van der Waals surface area contributed by atoms with Crippen molar-refractivity contribution in [3.8, 4) is 0 Å². The maximum absolute atomic E-state index is 12.8. The van der Waals surface area contributed by atoms with Gasteiger partial charge in [-0.05, 0) is 20.8 Å². The second-order valence-electron chi connectivity index (χ2n) is 5.82. The molecule has 0 radical (unpaired) electrons. The van der Waals surface area contributed by atoms with Gasteiger partial charge in [0.05, 0.1) is 5.54 Å². The van der Waals surface area contributed by atoms with Gasteiger partial charge in [0.1, 0.15) is 12.6 Å². The number of nitrogens with one attached hydrogen (secondary N) is 2. The number of hydrogen-bond donors (Lipinski definition) is 2. The van der Waals surface area contributed by atoms with Crippen LogP contribution in [0.5, 0.6) is 0 Å². The lowest BCUT2D eigenvalue weighted by atomic mass is 9.97. The van der Waals surface area contributed by atoms with Gasteiger partial charge in [0.2, 0.25) is 17.7 Å². The summed E-state index contributed by atoms with van der Waals surface area (Å²) in [6, 6.07) is -0.609. The van der Waals surface area contributed by atoms with E-state index in [0.29, 0.717) is 0 Å². The van der Waals surface area contributed by atoms with Crippen LogP contribution in [0.2, 0.25) is 0 Å². The second-order valence-corrected chi connectivity index (χ2v) is 5.82. The topological polar surface area (TPSA) is 81.8 Å². The normalized spacial score (nSPS) is 25.6. The molecule has 2 aliphatic heterocycles. The van der Waals surface area contributed by atoms with E-state index in [4.69, 9.17) is 0 Å². The maximum atomic E-state index is 12.8. The van der Waals surface area contributed by atoms with Crippen LogP contribution in [-0.2, 0) is 14.4 Å². The number of hydrogen-bond acceptors (Lipinski definition) is 5. The van der Waals surface area contributed by atoms with Crippen molar-refractivity contribution in [1.82, 2.24) is 20.4 Å². The zero-order chi connectivity index (χ0) is 14.9. The smallest absolute Gasteiger partial charge is 0.249 e. The standard InChI is InChI=1S/C13H22N4O3/c1-9-11(19)15-10(18)8-17(9)12(20)13(2,3)16-6-4-14-5-7-16/h9,14H,4-8H2,1-3H3,(H,15,18,19). The Balaban J connectivity index is 2.15. The van der Waals surface area contributed by atoms with Gasteiger partial charge in [0.15, 0.2) is 0 Å². The van der Waals surface area contributed by atoms with Gasteiger partial charge in [-0.25, -0.2) is 0 Å². The van der Waals surface area contributed by atoms with E-state index in [-0.39, 0.29) is 12.5 Å². The van der Waals surface area contributed by atoms with Crippen LogP contribution in [0.1, 0.15) is 20.8 Å². The molecule has 0 saturated carbocycles. The summed E-state index contributed by atoms with van der Waals surface area (Å²) in [5, 5.41) is 5.49. The maximum Gasteiger partial charge on any atom is 0.249 e. The van der Waals surface area contributed by atoms with Crippen LogP contribution in [0.3, 0.4) is 0 Å². The molecule has 7 nitrogen and oxygen atoms in total. The SMILES string of the molecule is CC1C(=O)NC(=O)CN1C(=O)C(C)(C)N1CCNCC1. The predicted molar refractivity (Wildman–Crippen MR) is 72.8 cm³/mol. The van der Waals surface area contributed by atoms with Crippen LogP contribution in [0, 0.1) is 0 Å². The fourth-order valence-electron chi connectivity index (χ4n) is 2.67. The highest BCUT2D eigenvalue weighted by atomic mass is 16.2. The first kappa shape index (κ1) is 14.9. The Kier molecular flexibility index (Phi) is 4.10. The third kappa shape index (κ3) is 2.69. The van der Waals surface area contributed by atoms with E-state index in [1.807, 2.05) is 13.8 Å². The molecule has 2 rings (SSSR count). The van der Waals surface area contributed by atoms with Crippen molar-refractivity contribution in [3.05, 3.63) is 0 Å². The largest absolute Gasteiger partial charge is 0.320 e. The summed E-state index contributed by atoms with van der Waals surface area (Å²) in [6.07, 6.45) is 0. The molecule has 2 N–H and O–H groups in total. The van der Waals surface area contributed by atoms with Crippen LogP contribution >= 0.6 is 0 Å². The zero-order valence-corrected chi connectivity index (χ0v) is 12.2. The Morgan fingerprint density at radius 3 is 2.45 bits per heavy atom. The molecule has 1 atom stereocenters. The highest BCUT2D eigenvalue weighted by molar-refractivity contribution is 6.05. The number of rotatable bonds is 2. The van der Waals surface area contributed by atoms with E-state index in [9.17, 15) is 14.4 Å². The number of imide groups is 1. The predicted octanol–water partition coefficient (Wildman–Crippen LogP) is -1.46. The summed E-state index contributed by atoms with van der Waals surface area (Å²) in [4.78, 5) is 39.4. The molecule has 0 aromatic carbocycles. The minimum absolute atomic E-state index is 0.0543. The number of carbonyl (C=O) groups is 3. The summed E-state index contributed by atoms with van der Waals surface area (Å²) in [7, 11) is 0. The number of carbonyl (C=O) groups excluding carboxylic acids is 3. The van der Waals surface area contributed by atoms with Gasteiger partial charge < -0.3 is 10.2 Å². The van der Waals surface area contributed by atoms with Gasteiger partial charge in [0, 0.05) is 26.2 Å². The lowest BCUT2D eigenvalue weighted by Gasteiger charge is -2.44. The average molecular weight is 282 g/mol. The molecule has 2 aliphatic rings. The van der Waals surface area contributed by atoms with Gasteiger partial charge >= 0.3 is 0 Å². The van der Waals surface area contributed by atoms with Gasteiger partial charge in [-0.15, -0.1) is 0 Å². The van der Waals surface area contributed by atoms with Crippen molar-refractivity contribution in [3.63, 3.8) is 0 Å². The monoisotopic (exact) mass is 282 g/mol. The van der Waals surface area contributed by atoms with Gasteiger partial charge in [-0.1, -0.05) is 0 Å². The average Bonchev–Trinajstić information content (AvgIpc) is 2.43. The fraction of sp³-hybridized carbons (Fsp3) is 0.769. The molecule has 7 heteroatoms. The van der Waals surface area contributed by atoms with E-state index >= 15 is 0 Å². The van der Waals surface area contributed by atoms with Crippen molar-refractivity contribution in [2.24, 2.45) is 0 Å². The fourth-order valence-corrected chi connectivity index (χ4v) is 2.67. The molecule has 1 unspecified atom stereocenters. The van der Waals surface area contributed by atoms with E-state index < -0.39 is 23.4 Å². The molecule has 0 aromatic rings. The molecule has 3 amide bonds. The molecule has 112 valence electrons. The Hall–Kier alpha value is -1.47. The molecule has 0 spiro atoms. The second kappa shape index (κ2) is 5.49. The summed E-state index contributed by atoms with van der Waals surface area (Å²) in [5.74, 6) is -1.00. The Bertz CT molecular complexity index is 429. The van der Waals surface area contributed by atoms with E-state index in [1.54, 1.807) is 6.92 Å². The van der Waals surface area contributed by atoms with Crippen LogP contribution in [0.15, 0.2) is 0 Å². The highest BCUT2D eigenvalue weighted by Crippen LogP contribution is 2.21. The number of nitrogens with zero attached hydrogens (tertiary/aromatic N) is 2. The van der Waals surface area contributed by atoms with Crippen molar-refractivity contribution < 1.29 is 14.4 Å². The van der Waals surface area contributed by atoms with Gasteiger partial charge in [-0.2, -0.15) is 0 Å². The van der Waals surface area contributed by atoms with Crippen molar-refractivity contribution >= 4 is 17.7 Å². The van der Waals surface area contributed by atoms with Crippen molar-refractivity contribution in [1.29, 1.82) is 0 Å². The first-order valence-electron chi connectivity index (χ1n) is 6.94. The van der Waals surface area contributed by atoms with Crippen molar-refractivity contribution in [2.45, 2.75) is 32.4 Å². The lowest BCUT2D eigenvalue weighted by molar-refractivity contribution is -0.156. The third-order valence-electron chi connectivity index (χ3n) is 4.12. The van der Waals surface area contributed by atoms with E-state index in [0.717, 1.165) is 26.2 Å². The zero-order valence-electron chi connectivity index (χ0n) is 12.2. The summed E-state index contributed by atoms with van der Waals surface area (Å²) in [6.45, 7) is 8.53. The Morgan fingerprint density at radius 2 is 1.85 bits per heavy atom. The molecule has 2 heterocycles. The molecular weight excluding hydrogens is 260 g/mol. The highest BCUT2D eigenvalue weighted by Gasteiger charge is 2.43. The minimum atomic E-state index is -0.714. The summed E-state index contributed by atoms with van der Waals surface area (Å²) < 4.78 is 0. The third-order valence-corrected chi connectivity index (χ3v) is 4.12. The molecular formula is C13H22N4O3. The van der Waals surface area contributed by atoms with Crippen LogP contribution < -0.4 is 10.6 Å². The lowest BCUT2D eigenvalue weighted by Crippen LogP contribution is -2.66. The molecule has 0 bridgehead atoms. The minimum Gasteiger partial charge on any atom is -0.320 e. The quantitative estimate of drug-likeness (QED) is 0.605. The van der Waals surface area contributed by atoms with Crippen LogP contribution in [0.25, 0.3) is 0 Å². The van der Waals surface area contributed by atoms with E-state index in [2.05, 4.69) is 15.5 Å². The summed E-state index contributed by atoms with van der Waals surface area (Å²) >= 11 is 0. The van der Waals surface area contributed by atoms with E-state index in [1.165, 1.54) is 4.90 Å². The molecule has 0 aromatic heterocycles. The molecule has 0 aliphatic carbocycles. The molecule has 20 heavy (non-hydrogen) atoms. The first-order valence-corrected chi connectivity index (χ1v) is 6.94. The van der Waals surface area contributed by atoms with Gasteiger partial charge in [-0.3, -0.25) is 24.6 Å². The number of piperazine rings is 2. The van der Waals surface area contributed by atoms with Crippen LogP contribution in [-0.4, -0.2) is 71.8 Å². The molecule has 2 fully saturated rings. The van der Waals surface area contributed by atoms with Gasteiger partial charge in [0.25, 0.3) is 0 Å². The Labute approximate surface area is 118 Å². The van der Waals surface area contributed by atoms with Crippen molar-refractivity contribution in [2.75, 3.05) is 32.7 Å². The number of amides is 3. The molecule has 2 saturated heterocycles. The van der Waals surface area contributed by atoms with Crippen LogP contribution in [0.4, 0.5) is 0 Å².